The van der Waals surface area contributed by atoms with Crippen LogP contribution in [0.15, 0.2) is 16.6 Å². The number of rotatable bonds is 2. The zero-order valence-corrected chi connectivity index (χ0v) is 9.43. The number of nitrogens with two attached hydrogens (primary N) is 1. The molecule has 1 unspecified atom stereocenters. The van der Waals surface area contributed by atoms with E-state index in [0.717, 1.165) is 21.2 Å². The van der Waals surface area contributed by atoms with Gasteiger partial charge in [-0.1, -0.05) is 22.0 Å². The Bertz CT molecular complexity index is 312. The van der Waals surface area contributed by atoms with Gasteiger partial charge in [-0.15, -0.1) is 0 Å². The molecule has 0 spiro atoms. The molecule has 0 radical (unpaired) electrons. The molecule has 72 valence electrons. The zero-order chi connectivity index (χ0) is 10.0. The van der Waals surface area contributed by atoms with Crippen LogP contribution in [0.5, 0.6) is 0 Å². The molecule has 1 atom stereocenters. The molecule has 0 amide bonds. The van der Waals surface area contributed by atoms with Crippen molar-refractivity contribution in [3.05, 3.63) is 33.3 Å². The molecular formula is C10H14BrNO. The molecule has 3 heteroatoms. The van der Waals surface area contributed by atoms with Crippen LogP contribution in [-0.4, -0.2) is 11.7 Å². The summed E-state index contributed by atoms with van der Waals surface area (Å²) in [6, 6.07) is 3.96. The molecule has 1 aromatic carbocycles. The number of halogens is 1. The summed E-state index contributed by atoms with van der Waals surface area (Å²) < 4.78 is 1.01. The van der Waals surface area contributed by atoms with Crippen molar-refractivity contribution in [3.63, 3.8) is 0 Å². The average molecular weight is 244 g/mol. The lowest BCUT2D eigenvalue weighted by Gasteiger charge is -2.15. The maximum atomic E-state index is 9.67. The van der Waals surface area contributed by atoms with Crippen LogP contribution in [0.4, 0.5) is 0 Å². The Kier molecular flexibility index (Phi) is 3.47. The quantitative estimate of drug-likeness (QED) is 0.836. The van der Waals surface area contributed by atoms with Crippen molar-refractivity contribution in [2.45, 2.75) is 20.0 Å². The summed E-state index contributed by atoms with van der Waals surface area (Å²) >= 11 is 3.43. The first kappa shape index (κ1) is 10.7. The third kappa shape index (κ3) is 2.10. The summed E-state index contributed by atoms with van der Waals surface area (Å²) in [7, 11) is 0. The molecule has 0 aliphatic rings. The number of aliphatic hydroxyl groups excluding tert-OH is 1. The molecular weight excluding hydrogens is 230 g/mol. The van der Waals surface area contributed by atoms with Gasteiger partial charge >= 0.3 is 0 Å². The molecule has 1 aromatic rings. The summed E-state index contributed by atoms with van der Waals surface area (Å²) in [6.07, 6.45) is -0.558. The van der Waals surface area contributed by atoms with E-state index in [1.165, 1.54) is 0 Å². The standard InChI is InChI=1S/C10H14BrNO/c1-6-3-4-8(11)7(2)10(6)9(13)5-12/h3-4,9,13H,5,12H2,1-2H3. The fourth-order valence-corrected chi connectivity index (χ4v) is 1.81. The highest BCUT2D eigenvalue weighted by Gasteiger charge is 2.12. The van der Waals surface area contributed by atoms with Crippen LogP contribution < -0.4 is 5.73 Å². The van der Waals surface area contributed by atoms with Crippen LogP contribution in [0, 0.1) is 13.8 Å². The molecule has 0 saturated heterocycles. The van der Waals surface area contributed by atoms with Crippen molar-refractivity contribution in [1.82, 2.24) is 0 Å². The molecule has 0 aliphatic heterocycles. The summed E-state index contributed by atoms with van der Waals surface area (Å²) in [4.78, 5) is 0. The lowest BCUT2D eigenvalue weighted by Crippen LogP contribution is -2.14. The van der Waals surface area contributed by atoms with Gasteiger partial charge < -0.3 is 10.8 Å². The number of hydrogen-bond acceptors (Lipinski definition) is 2. The van der Waals surface area contributed by atoms with Gasteiger partial charge in [0.25, 0.3) is 0 Å². The van der Waals surface area contributed by atoms with Crippen LogP contribution in [-0.2, 0) is 0 Å². The Morgan fingerprint density at radius 3 is 2.62 bits per heavy atom. The van der Waals surface area contributed by atoms with E-state index in [1.54, 1.807) is 0 Å². The van der Waals surface area contributed by atoms with Crippen LogP contribution in [0.25, 0.3) is 0 Å². The first-order valence-electron chi connectivity index (χ1n) is 4.21. The van der Waals surface area contributed by atoms with Crippen LogP contribution in [0.3, 0.4) is 0 Å². The normalized spacial score (nSPS) is 13.0. The highest BCUT2D eigenvalue weighted by molar-refractivity contribution is 9.10. The molecule has 0 aliphatic carbocycles. The second-order valence-corrected chi connectivity index (χ2v) is 4.01. The van der Waals surface area contributed by atoms with E-state index in [2.05, 4.69) is 15.9 Å². The van der Waals surface area contributed by atoms with E-state index in [1.807, 2.05) is 26.0 Å². The first-order valence-corrected chi connectivity index (χ1v) is 5.01. The Labute approximate surface area is 86.9 Å². The molecule has 3 N–H and O–H groups in total. The third-order valence-electron chi connectivity index (χ3n) is 2.22. The van der Waals surface area contributed by atoms with E-state index in [9.17, 15) is 5.11 Å². The van der Waals surface area contributed by atoms with Gasteiger partial charge in [0.15, 0.2) is 0 Å². The number of benzene rings is 1. The number of hydrogen-bond donors (Lipinski definition) is 2. The molecule has 0 bridgehead atoms. The lowest BCUT2D eigenvalue weighted by atomic mass is 9.98. The van der Waals surface area contributed by atoms with E-state index in [0.29, 0.717) is 0 Å². The summed E-state index contributed by atoms with van der Waals surface area (Å²) in [5, 5.41) is 9.67. The van der Waals surface area contributed by atoms with Gasteiger partial charge in [-0.3, -0.25) is 0 Å². The predicted octanol–water partition coefficient (Wildman–Crippen LogP) is 2.06. The largest absolute Gasteiger partial charge is 0.387 e. The second kappa shape index (κ2) is 4.22. The van der Waals surface area contributed by atoms with Crippen LogP contribution in [0.2, 0.25) is 0 Å². The number of aliphatic hydroxyl groups is 1. The van der Waals surface area contributed by atoms with Crippen molar-refractivity contribution in [2.24, 2.45) is 5.73 Å². The van der Waals surface area contributed by atoms with Crippen molar-refractivity contribution in [1.29, 1.82) is 0 Å². The fraction of sp³-hybridized carbons (Fsp3) is 0.400. The minimum absolute atomic E-state index is 0.262. The zero-order valence-electron chi connectivity index (χ0n) is 7.84. The monoisotopic (exact) mass is 243 g/mol. The number of aryl methyl sites for hydroxylation is 1. The van der Waals surface area contributed by atoms with Gasteiger partial charge in [-0.05, 0) is 36.6 Å². The van der Waals surface area contributed by atoms with Gasteiger partial charge in [-0.25, -0.2) is 0 Å². The maximum absolute atomic E-state index is 9.67. The minimum atomic E-state index is -0.558. The molecule has 0 aromatic heterocycles. The Balaban J connectivity index is 3.25. The van der Waals surface area contributed by atoms with Gasteiger partial charge in [-0.2, -0.15) is 0 Å². The summed E-state index contributed by atoms with van der Waals surface area (Å²) in [5.41, 5.74) is 8.52. The van der Waals surface area contributed by atoms with Crippen molar-refractivity contribution in [2.75, 3.05) is 6.54 Å². The van der Waals surface area contributed by atoms with Crippen molar-refractivity contribution < 1.29 is 5.11 Å². The fourth-order valence-electron chi connectivity index (χ4n) is 1.47. The topological polar surface area (TPSA) is 46.2 Å². The molecule has 2 nitrogen and oxygen atoms in total. The second-order valence-electron chi connectivity index (χ2n) is 3.15. The average Bonchev–Trinajstić information content (AvgIpc) is 2.12. The third-order valence-corrected chi connectivity index (χ3v) is 3.08. The van der Waals surface area contributed by atoms with Gasteiger partial charge in [0.1, 0.15) is 0 Å². The van der Waals surface area contributed by atoms with Crippen molar-refractivity contribution >= 4 is 15.9 Å². The van der Waals surface area contributed by atoms with E-state index in [-0.39, 0.29) is 6.54 Å². The molecule has 0 heterocycles. The van der Waals surface area contributed by atoms with Gasteiger partial charge in [0.2, 0.25) is 0 Å². The Hall–Kier alpha value is -0.380. The lowest BCUT2D eigenvalue weighted by molar-refractivity contribution is 0.185. The van der Waals surface area contributed by atoms with E-state index in [4.69, 9.17) is 5.73 Å². The SMILES string of the molecule is Cc1ccc(Br)c(C)c1C(O)CN. The highest BCUT2D eigenvalue weighted by Crippen LogP contribution is 2.27. The smallest absolute Gasteiger partial charge is 0.0917 e. The van der Waals surface area contributed by atoms with E-state index < -0.39 is 6.10 Å². The van der Waals surface area contributed by atoms with Gasteiger partial charge in [0, 0.05) is 11.0 Å². The molecule has 0 saturated carbocycles. The first-order chi connectivity index (χ1) is 6.07. The molecule has 1 rings (SSSR count). The molecule has 13 heavy (non-hydrogen) atoms. The Morgan fingerprint density at radius 1 is 1.46 bits per heavy atom. The van der Waals surface area contributed by atoms with Crippen LogP contribution >= 0.6 is 15.9 Å². The Morgan fingerprint density at radius 2 is 2.08 bits per heavy atom. The maximum Gasteiger partial charge on any atom is 0.0917 e. The summed E-state index contributed by atoms with van der Waals surface area (Å²) in [5.74, 6) is 0. The minimum Gasteiger partial charge on any atom is -0.387 e. The van der Waals surface area contributed by atoms with Crippen LogP contribution in [0.1, 0.15) is 22.8 Å². The van der Waals surface area contributed by atoms with E-state index >= 15 is 0 Å². The highest BCUT2D eigenvalue weighted by atomic mass is 79.9. The molecule has 0 fully saturated rings. The predicted molar refractivity (Wildman–Crippen MR) is 57.6 cm³/mol. The summed E-state index contributed by atoms with van der Waals surface area (Å²) in [6.45, 7) is 4.22. The van der Waals surface area contributed by atoms with Gasteiger partial charge in [0.05, 0.1) is 6.10 Å². The van der Waals surface area contributed by atoms with Crippen molar-refractivity contribution in [3.8, 4) is 0 Å².